The number of rotatable bonds is 10. The lowest BCUT2D eigenvalue weighted by molar-refractivity contribution is -0.143. The molecule has 2 atom stereocenters. The molecule has 2 aromatic carbocycles. The van der Waals surface area contributed by atoms with E-state index in [9.17, 15) is 9.59 Å². The normalized spacial score (nSPS) is 12.7. The Kier molecular flexibility index (Phi) is 8.90. The molecule has 5 heteroatoms. The summed E-state index contributed by atoms with van der Waals surface area (Å²) in [5.41, 5.74) is 3.18. The van der Waals surface area contributed by atoms with Gasteiger partial charge in [0.15, 0.2) is 6.61 Å². The summed E-state index contributed by atoms with van der Waals surface area (Å²) in [6.45, 7) is 10.2. The molecule has 1 N–H and O–H groups in total. The smallest absolute Gasteiger partial charge is 0.261 e. The zero-order valence-electron chi connectivity index (χ0n) is 18.8. The van der Waals surface area contributed by atoms with Crippen molar-refractivity contribution < 1.29 is 14.3 Å². The molecule has 0 radical (unpaired) electrons. The minimum Gasteiger partial charge on any atom is -0.484 e. The van der Waals surface area contributed by atoms with Crippen molar-refractivity contribution in [3.63, 3.8) is 0 Å². The third-order valence-corrected chi connectivity index (χ3v) is 5.34. The number of hydrogen-bond acceptors (Lipinski definition) is 3. The van der Waals surface area contributed by atoms with Crippen LogP contribution < -0.4 is 10.1 Å². The van der Waals surface area contributed by atoms with E-state index in [0.717, 1.165) is 23.1 Å². The zero-order valence-corrected chi connectivity index (χ0v) is 18.8. The Morgan fingerprint density at radius 3 is 2.40 bits per heavy atom. The molecule has 0 spiro atoms. The lowest BCUT2D eigenvalue weighted by atomic mass is 10.1. The summed E-state index contributed by atoms with van der Waals surface area (Å²) in [4.78, 5) is 27.8. The molecule has 0 aromatic heterocycles. The first-order valence-electron chi connectivity index (χ1n) is 10.7. The van der Waals surface area contributed by atoms with Gasteiger partial charge < -0.3 is 15.0 Å². The number of carbonyl (C=O) groups is 2. The number of aryl methyl sites for hydroxylation is 2. The summed E-state index contributed by atoms with van der Waals surface area (Å²) in [7, 11) is 0. The number of ether oxygens (including phenoxy) is 1. The van der Waals surface area contributed by atoms with Crippen LogP contribution in [0.4, 0.5) is 0 Å². The molecule has 0 heterocycles. The van der Waals surface area contributed by atoms with E-state index < -0.39 is 6.04 Å². The second-order valence-corrected chi connectivity index (χ2v) is 7.80. The third kappa shape index (κ3) is 6.61. The van der Waals surface area contributed by atoms with Crippen LogP contribution >= 0.6 is 0 Å². The largest absolute Gasteiger partial charge is 0.484 e. The second kappa shape index (κ2) is 11.4. The number of nitrogens with one attached hydrogen (secondary N) is 1. The van der Waals surface area contributed by atoms with Gasteiger partial charge in [-0.25, -0.2) is 0 Å². The van der Waals surface area contributed by atoms with E-state index in [-0.39, 0.29) is 24.5 Å². The van der Waals surface area contributed by atoms with Crippen LogP contribution in [0.3, 0.4) is 0 Å². The number of carbonyl (C=O) groups excluding carboxylic acids is 2. The molecule has 2 rings (SSSR count). The molecule has 30 heavy (non-hydrogen) atoms. The lowest BCUT2D eigenvalue weighted by Gasteiger charge is -2.31. The van der Waals surface area contributed by atoms with Gasteiger partial charge in [-0.3, -0.25) is 9.59 Å². The number of amides is 2. The topological polar surface area (TPSA) is 58.6 Å². The first-order valence-corrected chi connectivity index (χ1v) is 10.7. The van der Waals surface area contributed by atoms with E-state index in [0.29, 0.717) is 18.7 Å². The predicted molar refractivity (Wildman–Crippen MR) is 120 cm³/mol. The Labute approximate surface area is 180 Å². The quantitative estimate of drug-likeness (QED) is 0.631. The first-order chi connectivity index (χ1) is 14.3. The fourth-order valence-electron chi connectivity index (χ4n) is 3.26. The first kappa shape index (κ1) is 23.5. The minimum absolute atomic E-state index is 0.0607. The molecule has 0 saturated carbocycles. The van der Waals surface area contributed by atoms with Crippen LogP contribution in [0.1, 0.15) is 50.3 Å². The van der Waals surface area contributed by atoms with Crippen molar-refractivity contribution in [3.8, 4) is 5.75 Å². The third-order valence-electron chi connectivity index (χ3n) is 5.34. The van der Waals surface area contributed by atoms with Crippen molar-refractivity contribution in [3.05, 3.63) is 65.2 Å². The molecule has 2 aromatic rings. The summed E-state index contributed by atoms with van der Waals surface area (Å²) in [5, 5.41) is 3.02. The fourth-order valence-corrected chi connectivity index (χ4v) is 3.26. The van der Waals surface area contributed by atoms with Crippen molar-refractivity contribution >= 4 is 11.8 Å². The van der Waals surface area contributed by atoms with Crippen LogP contribution in [0, 0.1) is 13.8 Å². The number of nitrogens with zero attached hydrogens (tertiary/aromatic N) is 1. The molecule has 2 amide bonds. The van der Waals surface area contributed by atoms with Crippen LogP contribution in [0.15, 0.2) is 48.5 Å². The highest BCUT2D eigenvalue weighted by Gasteiger charge is 2.29. The maximum absolute atomic E-state index is 13.2. The highest BCUT2D eigenvalue weighted by molar-refractivity contribution is 5.88. The van der Waals surface area contributed by atoms with Gasteiger partial charge in [0.2, 0.25) is 5.91 Å². The summed E-state index contributed by atoms with van der Waals surface area (Å²) in [6.07, 6.45) is 1.37. The number of hydrogen-bond donors (Lipinski definition) is 1. The molecule has 162 valence electrons. The van der Waals surface area contributed by atoms with Gasteiger partial charge in [0.05, 0.1) is 0 Å². The second-order valence-electron chi connectivity index (χ2n) is 7.80. The van der Waals surface area contributed by atoms with Gasteiger partial charge >= 0.3 is 0 Å². The Bertz CT molecular complexity index is 850. The molecule has 0 saturated heterocycles. The van der Waals surface area contributed by atoms with Crippen molar-refractivity contribution in [2.45, 2.75) is 66.1 Å². The zero-order chi connectivity index (χ0) is 22.1. The minimum atomic E-state index is -0.549. The fraction of sp³-hybridized carbons (Fsp3) is 0.440. The van der Waals surface area contributed by atoms with Crippen molar-refractivity contribution in [1.82, 2.24) is 10.2 Å². The van der Waals surface area contributed by atoms with E-state index in [1.165, 1.54) is 0 Å². The summed E-state index contributed by atoms with van der Waals surface area (Å²) in [6, 6.07) is 15.0. The standard InChI is InChI=1S/C25H34N2O3/c1-6-20(5)26-25(29)23(7-2)27(16-21-13-9-8-12-19(21)4)24(28)17-30-22-14-10-11-18(3)15-22/h8-15,20,23H,6-7,16-17H2,1-5H3,(H,26,29)/t20-,23+/m1/s1. The van der Waals surface area contributed by atoms with Crippen molar-refractivity contribution in [2.75, 3.05) is 6.61 Å². The predicted octanol–water partition coefficient (Wildman–Crippen LogP) is 4.40. The summed E-state index contributed by atoms with van der Waals surface area (Å²) < 4.78 is 5.75. The van der Waals surface area contributed by atoms with Gasteiger partial charge in [-0.1, -0.05) is 50.2 Å². The molecular formula is C25H34N2O3. The molecule has 0 aliphatic rings. The van der Waals surface area contributed by atoms with Crippen LogP contribution in [0.2, 0.25) is 0 Å². The SMILES string of the molecule is CC[C@@H](C)NC(=O)[C@H](CC)N(Cc1ccccc1C)C(=O)COc1cccc(C)c1. The van der Waals surface area contributed by atoms with Crippen LogP contribution in [0.25, 0.3) is 0 Å². The lowest BCUT2D eigenvalue weighted by Crippen LogP contribution is -2.51. The van der Waals surface area contributed by atoms with E-state index >= 15 is 0 Å². The van der Waals surface area contributed by atoms with Gasteiger partial charge in [-0.15, -0.1) is 0 Å². The maximum atomic E-state index is 13.2. The van der Waals surface area contributed by atoms with E-state index in [4.69, 9.17) is 4.74 Å². The highest BCUT2D eigenvalue weighted by atomic mass is 16.5. The summed E-state index contributed by atoms with van der Waals surface area (Å²) >= 11 is 0. The molecule has 0 bridgehead atoms. The van der Waals surface area contributed by atoms with Crippen LogP contribution in [-0.4, -0.2) is 35.4 Å². The maximum Gasteiger partial charge on any atom is 0.261 e. The molecular weight excluding hydrogens is 376 g/mol. The number of benzene rings is 2. The monoisotopic (exact) mass is 410 g/mol. The van der Waals surface area contributed by atoms with Crippen molar-refractivity contribution in [2.24, 2.45) is 0 Å². The van der Waals surface area contributed by atoms with Crippen LogP contribution in [-0.2, 0) is 16.1 Å². The van der Waals surface area contributed by atoms with Crippen molar-refractivity contribution in [1.29, 1.82) is 0 Å². The van der Waals surface area contributed by atoms with Gasteiger partial charge in [0.25, 0.3) is 5.91 Å². The molecule has 0 unspecified atom stereocenters. The summed E-state index contributed by atoms with van der Waals surface area (Å²) in [5.74, 6) is 0.326. The van der Waals surface area contributed by atoms with E-state index in [1.54, 1.807) is 4.90 Å². The average molecular weight is 411 g/mol. The Morgan fingerprint density at radius 1 is 1.03 bits per heavy atom. The molecule has 0 aliphatic carbocycles. The highest BCUT2D eigenvalue weighted by Crippen LogP contribution is 2.17. The average Bonchev–Trinajstić information content (AvgIpc) is 2.73. The van der Waals surface area contributed by atoms with E-state index in [2.05, 4.69) is 5.32 Å². The van der Waals surface area contributed by atoms with E-state index in [1.807, 2.05) is 83.1 Å². The van der Waals surface area contributed by atoms with Gasteiger partial charge in [-0.05, 0) is 62.4 Å². The van der Waals surface area contributed by atoms with Gasteiger partial charge in [0.1, 0.15) is 11.8 Å². The molecule has 0 fully saturated rings. The Hall–Kier alpha value is -2.82. The van der Waals surface area contributed by atoms with Gasteiger partial charge in [0, 0.05) is 12.6 Å². The van der Waals surface area contributed by atoms with Gasteiger partial charge in [-0.2, -0.15) is 0 Å². The Morgan fingerprint density at radius 2 is 1.77 bits per heavy atom. The molecule has 0 aliphatic heterocycles. The Balaban J connectivity index is 2.23. The molecule has 5 nitrogen and oxygen atoms in total. The van der Waals surface area contributed by atoms with Crippen LogP contribution in [0.5, 0.6) is 5.75 Å².